The Labute approximate surface area is 237 Å². The van der Waals surface area contributed by atoms with Crippen molar-refractivity contribution in [1.29, 1.82) is 0 Å². The molecule has 0 N–H and O–H groups in total. The number of ether oxygens (including phenoxy) is 1. The number of hydrogen-bond acceptors (Lipinski definition) is 6. The molecule has 2 amide bonds. The standard InChI is InChI=1S/C31H32BrN3O4/c1-20-14-16-33(17-15-20)19-22-18-21(8-13-26(22)38-2)28-27-29(39-35(28)25-6-4-3-5-7-25)31(37)34(30(27)36)24-11-9-23(32)10-12-24/h3-13,18,20,27-29H,14-17,19H2,1-2H3. The van der Waals surface area contributed by atoms with Gasteiger partial charge in [0.05, 0.1) is 24.5 Å². The summed E-state index contributed by atoms with van der Waals surface area (Å²) in [7, 11) is 1.69. The molecule has 0 radical (unpaired) electrons. The van der Waals surface area contributed by atoms with E-state index in [0.29, 0.717) is 5.69 Å². The fourth-order valence-electron chi connectivity index (χ4n) is 5.96. The minimum atomic E-state index is -0.902. The van der Waals surface area contributed by atoms with E-state index in [-0.39, 0.29) is 11.8 Å². The Morgan fingerprint density at radius 1 is 0.923 bits per heavy atom. The van der Waals surface area contributed by atoms with Crippen LogP contribution in [0.2, 0.25) is 0 Å². The van der Waals surface area contributed by atoms with Crippen molar-refractivity contribution >= 4 is 39.1 Å². The second kappa shape index (κ2) is 10.8. The molecule has 3 aliphatic rings. The van der Waals surface area contributed by atoms with Crippen LogP contribution in [0.25, 0.3) is 0 Å². The molecule has 0 bridgehead atoms. The Hall–Kier alpha value is -3.20. The van der Waals surface area contributed by atoms with E-state index in [1.807, 2.05) is 54.6 Å². The number of carbonyl (C=O) groups excluding carboxylic acids is 2. The van der Waals surface area contributed by atoms with Crippen LogP contribution < -0.4 is 14.7 Å². The van der Waals surface area contributed by atoms with E-state index < -0.39 is 18.1 Å². The van der Waals surface area contributed by atoms with Crippen molar-refractivity contribution in [3.05, 3.63) is 88.4 Å². The van der Waals surface area contributed by atoms with E-state index in [2.05, 4.69) is 33.8 Å². The molecule has 0 aromatic heterocycles. The van der Waals surface area contributed by atoms with Crippen molar-refractivity contribution in [3.63, 3.8) is 0 Å². The lowest BCUT2D eigenvalue weighted by atomic mass is 9.89. The van der Waals surface area contributed by atoms with Gasteiger partial charge in [0, 0.05) is 16.6 Å². The molecule has 0 spiro atoms. The number of imide groups is 1. The predicted molar refractivity (Wildman–Crippen MR) is 153 cm³/mol. The Bertz CT molecular complexity index is 1360. The number of para-hydroxylation sites is 1. The molecule has 6 rings (SSSR count). The molecule has 202 valence electrons. The third-order valence-electron chi connectivity index (χ3n) is 8.13. The number of likely N-dealkylation sites (tertiary alicyclic amines) is 1. The van der Waals surface area contributed by atoms with E-state index in [0.717, 1.165) is 52.6 Å². The maximum atomic E-state index is 14.0. The zero-order valence-corrected chi connectivity index (χ0v) is 23.7. The molecular weight excluding hydrogens is 558 g/mol. The van der Waals surface area contributed by atoms with E-state index in [1.165, 1.54) is 17.7 Å². The Morgan fingerprint density at radius 2 is 1.64 bits per heavy atom. The maximum Gasteiger partial charge on any atom is 0.266 e. The highest BCUT2D eigenvalue weighted by Gasteiger charge is 2.60. The van der Waals surface area contributed by atoms with Crippen molar-refractivity contribution in [2.75, 3.05) is 30.2 Å². The summed E-state index contributed by atoms with van der Waals surface area (Å²) >= 11 is 3.43. The summed E-state index contributed by atoms with van der Waals surface area (Å²) in [5, 5.41) is 1.75. The summed E-state index contributed by atoms with van der Waals surface area (Å²) in [6, 6.07) is 22.5. The monoisotopic (exact) mass is 589 g/mol. The number of anilines is 2. The molecule has 8 heteroatoms. The third-order valence-corrected chi connectivity index (χ3v) is 8.66. The van der Waals surface area contributed by atoms with Gasteiger partial charge in [0.15, 0.2) is 6.10 Å². The minimum absolute atomic E-state index is 0.252. The normalized spacial score (nSPS) is 23.9. The van der Waals surface area contributed by atoms with E-state index in [4.69, 9.17) is 9.57 Å². The van der Waals surface area contributed by atoms with Gasteiger partial charge in [0.1, 0.15) is 11.7 Å². The van der Waals surface area contributed by atoms with Gasteiger partial charge in [-0.15, -0.1) is 0 Å². The molecule has 3 aliphatic heterocycles. The van der Waals surface area contributed by atoms with Gasteiger partial charge < -0.3 is 4.74 Å². The van der Waals surface area contributed by atoms with Crippen LogP contribution in [0, 0.1) is 11.8 Å². The van der Waals surface area contributed by atoms with Crippen LogP contribution >= 0.6 is 15.9 Å². The number of nitrogens with zero attached hydrogens (tertiary/aromatic N) is 3. The van der Waals surface area contributed by atoms with Crippen LogP contribution in [-0.4, -0.2) is 43.0 Å². The smallest absolute Gasteiger partial charge is 0.266 e. The number of hydroxylamine groups is 1. The van der Waals surface area contributed by atoms with Crippen molar-refractivity contribution < 1.29 is 19.2 Å². The highest BCUT2D eigenvalue weighted by atomic mass is 79.9. The molecule has 7 nitrogen and oxygen atoms in total. The number of methoxy groups -OCH3 is 1. The first kappa shape index (κ1) is 26.0. The van der Waals surface area contributed by atoms with Gasteiger partial charge in [-0.2, -0.15) is 0 Å². The van der Waals surface area contributed by atoms with Gasteiger partial charge in [0.25, 0.3) is 5.91 Å². The second-order valence-corrected chi connectivity index (χ2v) is 11.6. The van der Waals surface area contributed by atoms with Gasteiger partial charge in [-0.3, -0.25) is 19.3 Å². The van der Waals surface area contributed by atoms with Crippen LogP contribution in [0.15, 0.2) is 77.3 Å². The van der Waals surface area contributed by atoms with Gasteiger partial charge in [-0.05, 0) is 85.9 Å². The topological polar surface area (TPSA) is 62.3 Å². The Balaban J connectivity index is 1.38. The first-order valence-electron chi connectivity index (χ1n) is 13.5. The maximum absolute atomic E-state index is 14.0. The van der Waals surface area contributed by atoms with Gasteiger partial charge in [-0.1, -0.05) is 47.1 Å². The fourth-order valence-corrected chi connectivity index (χ4v) is 6.23. The van der Waals surface area contributed by atoms with Gasteiger partial charge >= 0.3 is 0 Å². The van der Waals surface area contributed by atoms with E-state index in [9.17, 15) is 9.59 Å². The second-order valence-electron chi connectivity index (χ2n) is 10.7. The van der Waals surface area contributed by atoms with Crippen molar-refractivity contribution in [1.82, 2.24) is 4.90 Å². The van der Waals surface area contributed by atoms with Crippen LogP contribution in [-0.2, 0) is 21.0 Å². The van der Waals surface area contributed by atoms with Crippen molar-refractivity contribution in [2.45, 2.75) is 38.5 Å². The van der Waals surface area contributed by atoms with Crippen molar-refractivity contribution in [3.8, 4) is 5.75 Å². The van der Waals surface area contributed by atoms with Crippen LogP contribution in [0.5, 0.6) is 5.75 Å². The quantitative estimate of drug-likeness (QED) is 0.342. The summed E-state index contributed by atoms with van der Waals surface area (Å²) in [4.78, 5) is 37.6. The Kier molecular flexibility index (Phi) is 7.18. The average molecular weight is 591 g/mol. The number of carbonyl (C=O) groups is 2. The van der Waals surface area contributed by atoms with Gasteiger partial charge in [0.2, 0.25) is 5.91 Å². The predicted octanol–water partition coefficient (Wildman–Crippen LogP) is 5.74. The number of amides is 2. The molecule has 3 atom stereocenters. The molecule has 3 aromatic rings. The fraction of sp³-hybridized carbons (Fsp3) is 0.355. The highest BCUT2D eigenvalue weighted by molar-refractivity contribution is 9.10. The molecule has 39 heavy (non-hydrogen) atoms. The summed E-state index contributed by atoms with van der Waals surface area (Å²) in [6.07, 6.45) is 1.47. The number of rotatable bonds is 6. The average Bonchev–Trinajstić information content (AvgIpc) is 3.46. The zero-order valence-electron chi connectivity index (χ0n) is 22.1. The largest absolute Gasteiger partial charge is 0.496 e. The molecule has 3 unspecified atom stereocenters. The number of piperidine rings is 1. The summed E-state index contributed by atoms with van der Waals surface area (Å²) in [6.45, 7) is 5.19. The van der Waals surface area contributed by atoms with Gasteiger partial charge in [-0.25, -0.2) is 9.96 Å². The lowest BCUT2D eigenvalue weighted by Gasteiger charge is -2.31. The number of hydrogen-bond donors (Lipinski definition) is 0. The first-order chi connectivity index (χ1) is 18.9. The molecule has 3 saturated heterocycles. The SMILES string of the molecule is COc1ccc(C2C3C(=O)N(c4ccc(Br)cc4)C(=O)C3ON2c2ccccc2)cc1CN1CCC(C)CC1. The summed E-state index contributed by atoms with van der Waals surface area (Å²) in [5.41, 5.74) is 3.34. The van der Waals surface area contributed by atoms with Crippen molar-refractivity contribution in [2.24, 2.45) is 11.8 Å². The molecule has 3 fully saturated rings. The minimum Gasteiger partial charge on any atom is -0.496 e. The van der Waals surface area contributed by atoms with E-state index >= 15 is 0 Å². The summed E-state index contributed by atoms with van der Waals surface area (Å²) < 4.78 is 6.62. The summed E-state index contributed by atoms with van der Waals surface area (Å²) in [5.74, 6) is 0.300. The van der Waals surface area contributed by atoms with E-state index in [1.54, 1.807) is 24.3 Å². The lowest BCUT2D eigenvalue weighted by Crippen LogP contribution is -2.37. The third kappa shape index (κ3) is 4.86. The molecular formula is C31H32BrN3O4. The number of fused-ring (bicyclic) bond motifs is 1. The molecule has 3 heterocycles. The van der Waals surface area contributed by atoms with Crippen LogP contribution in [0.1, 0.15) is 36.9 Å². The highest BCUT2D eigenvalue weighted by Crippen LogP contribution is 2.48. The molecule has 0 aliphatic carbocycles. The lowest BCUT2D eigenvalue weighted by molar-refractivity contribution is -0.126. The molecule has 3 aromatic carbocycles. The van der Waals surface area contributed by atoms with Crippen LogP contribution in [0.3, 0.4) is 0 Å². The first-order valence-corrected chi connectivity index (χ1v) is 14.3. The van der Waals surface area contributed by atoms with Crippen LogP contribution in [0.4, 0.5) is 11.4 Å². The number of halogens is 1. The number of benzene rings is 3. The molecule has 0 saturated carbocycles. The zero-order chi connectivity index (χ0) is 27.1. The Morgan fingerprint density at radius 3 is 2.33 bits per heavy atom.